The van der Waals surface area contributed by atoms with Crippen LogP contribution in [0.5, 0.6) is 0 Å². The zero-order chi connectivity index (χ0) is 15.6. The van der Waals surface area contributed by atoms with Gasteiger partial charge in [-0.05, 0) is 31.0 Å². The number of carboxylic acid groups (broad SMARTS) is 1. The molecule has 1 heterocycles. The lowest BCUT2D eigenvalue weighted by molar-refractivity contribution is -0.138. The molecule has 1 aliphatic rings. The van der Waals surface area contributed by atoms with Crippen molar-refractivity contribution in [3.8, 4) is 0 Å². The van der Waals surface area contributed by atoms with Crippen molar-refractivity contribution in [1.29, 1.82) is 0 Å². The lowest BCUT2D eigenvalue weighted by atomic mass is 10.0. The number of rotatable bonds is 4. The summed E-state index contributed by atoms with van der Waals surface area (Å²) in [5.41, 5.74) is 0. The predicted octanol–water partition coefficient (Wildman–Crippen LogP) is 3.01. The fourth-order valence-electron chi connectivity index (χ4n) is 2.50. The van der Waals surface area contributed by atoms with E-state index in [0.29, 0.717) is 19.4 Å². The highest BCUT2D eigenvalue weighted by atomic mass is 35.5. The van der Waals surface area contributed by atoms with Crippen molar-refractivity contribution in [2.24, 2.45) is 0 Å². The molecular weight excluding hydrogens is 337 g/mol. The van der Waals surface area contributed by atoms with E-state index in [-0.39, 0.29) is 21.4 Å². The molecule has 1 fully saturated rings. The molecule has 0 spiro atoms. The van der Waals surface area contributed by atoms with E-state index >= 15 is 0 Å². The minimum Gasteiger partial charge on any atom is -0.481 e. The Morgan fingerprint density at radius 1 is 1.33 bits per heavy atom. The fraction of sp³-hybridized carbons (Fsp3) is 0.462. The number of benzene rings is 1. The van der Waals surface area contributed by atoms with E-state index in [1.807, 2.05) is 0 Å². The molecule has 1 unspecified atom stereocenters. The first-order valence-corrected chi connectivity index (χ1v) is 8.70. The van der Waals surface area contributed by atoms with E-state index in [2.05, 4.69) is 0 Å². The summed E-state index contributed by atoms with van der Waals surface area (Å²) in [5.74, 6) is -1.01. The van der Waals surface area contributed by atoms with Gasteiger partial charge in [0, 0.05) is 17.6 Å². The van der Waals surface area contributed by atoms with E-state index in [0.717, 1.165) is 6.42 Å². The second-order valence-corrected chi connectivity index (χ2v) is 7.64. The van der Waals surface area contributed by atoms with Gasteiger partial charge in [0.2, 0.25) is 10.0 Å². The second kappa shape index (κ2) is 6.52. The molecule has 21 heavy (non-hydrogen) atoms. The number of carboxylic acids is 1. The molecule has 0 saturated carbocycles. The summed E-state index contributed by atoms with van der Waals surface area (Å²) in [6.45, 7) is 0.295. The Morgan fingerprint density at radius 2 is 2.05 bits per heavy atom. The number of carbonyl (C=O) groups is 1. The normalized spacial score (nSPS) is 20.4. The summed E-state index contributed by atoms with van der Waals surface area (Å²) in [5, 5.41) is 9.30. The lowest BCUT2D eigenvalue weighted by Gasteiger charge is -2.34. The van der Waals surface area contributed by atoms with Crippen LogP contribution < -0.4 is 0 Å². The van der Waals surface area contributed by atoms with Crippen LogP contribution >= 0.6 is 23.2 Å². The molecule has 0 amide bonds. The van der Waals surface area contributed by atoms with Crippen LogP contribution in [0, 0.1) is 0 Å². The number of halogens is 2. The lowest BCUT2D eigenvalue weighted by Crippen LogP contribution is -2.44. The summed E-state index contributed by atoms with van der Waals surface area (Å²) in [7, 11) is -3.86. The van der Waals surface area contributed by atoms with Crippen LogP contribution in [0.1, 0.15) is 25.7 Å². The van der Waals surface area contributed by atoms with Crippen LogP contribution in [0.3, 0.4) is 0 Å². The molecule has 1 aromatic carbocycles. The maximum Gasteiger partial charge on any atom is 0.304 e. The van der Waals surface area contributed by atoms with Crippen molar-refractivity contribution in [1.82, 2.24) is 4.31 Å². The monoisotopic (exact) mass is 351 g/mol. The van der Waals surface area contributed by atoms with Gasteiger partial charge < -0.3 is 5.11 Å². The van der Waals surface area contributed by atoms with E-state index in [9.17, 15) is 13.2 Å². The van der Waals surface area contributed by atoms with Gasteiger partial charge >= 0.3 is 5.97 Å². The third-order valence-electron chi connectivity index (χ3n) is 3.46. The van der Waals surface area contributed by atoms with Crippen molar-refractivity contribution in [3.05, 3.63) is 28.2 Å². The molecule has 1 saturated heterocycles. The Hall–Kier alpha value is -0.820. The highest BCUT2D eigenvalue weighted by Gasteiger charge is 2.35. The Kier molecular flexibility index (Phi) is 5.14. The summed E-state index contributed by atoms with van der Waals surface area (Å²) in [4.78, 5) is 10.9. The number of aliphatic carboxylic acids is 1. The van der Waals surface area contributed by atoms with Gasteiger partial charge in [0.05, 0.1) is 11.4 Å². The zero-order valence-corrected chi connectivity index (χ0v) is 13.5. The van der Waals surface area contributed by atoms with Crippen molar-refractivity contribution < 1.29 is 18.3 Å². The van der Waals surface area contributed by atoms with E-state index in [1.54, 1.807) is 0 Å². The molecule has 0 aromatic heterocycles. The number of nitrogens with zero attached hydrogens (tertiary/aromatic N) is 1. The molecule has 116 valence electrons. The van der Waals surface area contributed by atoms with Gasteiger partial charge in [0.15, 0.2) is 0 Å². The molecule has 1 aliphatic heterocycles. The van der Waals surface area contributed by atoms with Gasteiger partial charge in [-0.3, -0.25) is 4.79 Å². The molecule has 2 rings (SSSR count). The van der Waals surface area contributed by atoms with Crippen LogP contribution in [-0.4, -0.2) is 36.4 Å². The molecule has 1 atom stereocenters. The SMILES string of the molecule is O=C(O)CC1CCCCN1S(=O)(=O)c1cc(Cl)ccc1Cl. The fourth-order valence-corrected chi connectivity index (χ4v) is 4.93. The minimum absolute atomic E-state index is 0.0750. The first-order valence-electron chi connectivity index (χ1n) is 6.51. The molecule has 0 aliphatic carbocycles. The maximum atomic E-state index is 12.7. The molecule has 0 radical (unpaired) electrons. The van der Waals surface area contributed by atoms with Gasteiger partial charge in [0.25, 0.3) is 0 Å². The first kappa shape index (κ1) is 16.5. The third-order valence-corrected chi connectivity index (χ3v) is 6.13. The number of piperidine rings is 1. The van der Waals surface area contributed by atoms with Gasteiger partial charge in [-0.1, -0.05) is 29.6 Å². The average molecular weight is 352 g/mol. The maximum absolute atomic E-state index is 12.7. The highest BCUT2D eigenvalue weighted by molar-refractivity contribution is 7.89. The molecule has 8 heteroatoms. The highest BCUT2D eigenvalue weighted by Crippen LogP contribution is 2.32. The number of sulfonamides is 1. The van der Waals surface area contributed by atoms with Crippen molar-refractivity contribution in [3.63, 3.8) is 0 Å². The van der Waals surface area contributed by atoms with Crippen LogP contribution in [0.25, 0.3) is 0 Å². The van der Waals surface area contributed by atoms with Crippen molar-refractivity contribution >= 4 is 39.2 Å². The molecule has 0 bridgehead atoms. The Balaban J connectivity index is 2.40. The van der Waals surface area contributed by atoms with Crippen molar-refractivity contribution in [2.75, 3.05) is 6.54 Å². The Labute approximate surface area is 133 Å². The second-order valence-electron chi connectivity index (χ2n) is 4.94. The standard InChI is InChI=1S/C13H15Cl2NO4S/c14-9-4-5-11(15)12(7-9)21(19,20)16-6-2-1-3-10(16)8-13(17)18/h4-5,7,10H,1-3,6,8H2,(H,17,18). The van der Waals surface area contributed by atoms with Crippen LogP contribution in [0.4, 0.5) is 0 Å². The Morgan fingerprint density at radius 3 is 2.71 bits per heavy atom. The molecular formula is C13H15Cl2NO4S. The predicted molar refractivity (Wildman–Crippen MR) is 80.2 cm³/mol. The van der Waals surface area contributed by atoms with Gasteiger partial charge in [-0.15, -0.1) is 0 Å². The number of hydrogen-bond donors (Lipinski definition) is 1. The topological polar surface area (TPSA) is 74.7 Å². The van der Waals surface area contributed by atoms with Crippen LogP contribution in [0.2, 0.25) is 10.0 Å². The van der Waals surface area contributed by atoms with Crippen LogP contribution in [-0.2, 0) is 14.8 Å². The quantitative estimate of drug-likeness (QED) is 0.904. The first-order chi connectivity index (χ1) is 9.82. The smallest absolute Gasteiger partial charge is 0.304 e. The summed E-state index contributed by atoms with van der Waals surface area (Å²) < 4.78 is 26.7. The third kappa shape index (κ3) is 3.69. The van der Waals surface area contributed by atoms with Crippen LogP contribution in [0.15, 0.2) is 23.1 Å². The summed E-state index contributed by atoms with van der Waals surface area (Å²) in [6, 6.07) is 3.68. The average Bonchev–Trinajstić information content (AvgIpc) is 2.41. The summed E-state index contributed by atoms with van der Waals surface area (Å²) in [6.07, 6.45) is 1.84. The zero-order valence-electron chi connectivity index (χ0n) is 11.1. The van der Waals surface area contributed by atoms with Crippen molar-refractivity contribution in [2.45, 2.75) is 36.6 Å². The van der Waals surface area contributed by atoms with E-state index in [4.69, 9.17) is 28.3 Å². The molecule has 1 N–H and O–H groups in total. The largest absolute Gasteiger partial charge is 0.481 e. The minimum atomic E-state index is -3.86. The Bertz CT molecular complexity index is 648. The van der Waals surface area contributed by atoms with Gasteiger partial charge in [-0.25, -0.2) is 8.42 Å². The van der Waals surface area contributed by atoms with E-state index in [1.165, 1.54) is 22.5 Å². The summed E-state index contributed by atoms with van der Waals surface area (Å²) >= 11 is 11.8. The number of hydrogen-bond acceptors (Lipinski definition) is 3. The molecule has 5 nitrogen and oxygen atoms in total. The van der Waals surface area contributed by atoms with Gasteiger partial charge in [0.1, 0.15) is 4.90 Å². The van der Waals surface area contributed by atoms with E-state index < -0.39 is 22.0 Å². The van der Waals surface area contributed by atoms with Gasteiger partial charge in [-0.2, -0.15) is 4.31 Å². The molecule has 1 aromatic rings.